The molecule has 2 aromatic heterocycles. The highest BCUT2D eigenvalue weighted by Gasteiger charge is 2.28. The van der Waals surface area contributed by atoms with E-state index < -0.39 is 0 Å². The fourth-order valence-corrected chi connectivity index (χ4v) is 5.24. The van der Waals surface area contributed by atoms with E-state index in [-0.39, 0.29) is 24.4 Å². The molecule has 174 valence electrons. The number of imidazole rings is 1. The molecule has 0 saturated carbocycles. The lowest BCUT2D eigenvalue weighted by Gasteiger charge is -2.31. The first-order valence-electron chi connectivity index (χ1n) is 11.2. The number of carbonyl (C=O) groups is 1. The second kappa shape index (κ2) is 8.60. The number of hydrogen-bond acceptors (Lipinski definition) is 7. The average molecular weight is 480 g/mol. The Bertz CT molecular complexity index is 1320. The Morgan fingerprint density at radius 1 is 1.18 bits per heavy atom. The van der Waals surface area contributed by atoms with Crippen LogP contribution in [0.5, 0.6) is 11.5 Å². The molecule has 1 atom stereocenters. The SMILES string of the molecule is O=C(NCc1ccc2c(c1)OCO2)[C@@H]1CCCN(c2nn3cc(-c4ccc(F)cc4)nc3s2)C1. The minimum atomic E-state index is -0.273. The topological polar surface area (TPSA) is 81.0 Å². The monoisotopic (exact) mass is 479 g/mol. The van der Waals surface area contributed by atoms with Gasteiger partial charge in [-0.05, 0) is 54.8 Å². The first-order valence-corrected chi connectivity index (χ1v) is 12.0. The summed E-state index contributed by atoms with van der Waals surface area (Å²) in [6, 6.07) is 12.0. The van der Waals surface area contributed by atoms with Crippen molar-refractivity contribution in [3.63, 3.8) is 0 Å². The molecular formula is C24H22FN5O3S. The summed E-state index contributed by atoms with van der Waals surface area (Å²) in [5.41, 5.74) is 2.57. The number of anilines is 1. The zero-order valence-electron chi connectivity index (χ0n) is 18.2. The third-order valence-corrected chi connectivity index (χ3v) is 7.12. The second-order valence-corrected chi connectivity index (χ2v) is 9.37. The number of aromatic nitrogens is 3. The molecule has 4 aromatic rings. The molecule has 8 nitrogen and oxygen atoms in total. The van der Waals surface area contributed by atoms with E-state index in [1.165, 1.54) is 23.5 Å². The van der Waals surface area contributed by atoms with E-state index in [2.05, 4.69) is 20.3 Å². The largest absolute Gasteiger partial charge is 0.454 e. The van der Waals surface area contributed by atoms with Crippen LogP contribution in [0, 0.1) is 11.7 Å². The molecular weight excluding hydrogens is 457 g/mol. The van der Waals surface area contributed by atoms with Crippen molar-refractivity contribution in [2.24, 2.45) is 5.92 Å². The normalized spacial score (nSPS) is 17.3. The van der Waals surface area contributed by atoms with Crippen LogP contribution in [0.4, 0.5) is 9.52 Å². The van der Waals surface area contributed by atoms with Crippen LogP contribution in [-0.2, 0) is 11.3 Å². The highest BCUT2D eigenvalue weighted by molar-refractivity contribution is 7.20. The van der Waals surface area contributed by atoms with E-state index in [9.17, 15) is 9.18 Å². The van der Waals surface area contributed by atoms with Gasteiger partial charge in [0.25, 0.3) is 0 Å². The second-order valence-electron chi connectivity index (χ2n) is 8.44. The first-order chi connectivity index (χ1) is 16.6. The summed E-state index contributed by atoms with van der Waals surface area (Å²) in [5.74, 6) is 1.12. The van der Waals surface area contributed by atoms with Crippen LogP contribution in [0.1, 0.15) is 18.4 Å². The van der Waals surface area contributed by atoms with Crippen LogP contribution in [0.2, 0.25) is 0 Å². The average Bonchev–Trinajstić information content (AvgIpc) is 3.58. The van der Waals surface area contributed by atoms with Crippen molar-refractivity contribution in [2.75, 3.05) is 24.8 Å². The zero-order valence-corrected chi connectivity index (χ0v) is 19.1. The number of nitrogens with one attached hydrogen (secondary N) is 1. The maximum Gasteiger partial charge on any atom is 0.231 e. The van der Waals surface area contributed by atoms with Crippen molar-refractivity contribution >= 4 is 27.3 Å². The lowest BCUT2D eigenvalue weighted by molar-refractivity contribution is -0.125. The summed E-state index contributed by atoms with van der Waals surface area (Å²) in [4.78, 5) is 20.4. The number of halogens is 1. The smallest absolute Gasteiger partial charge is 0.231 e. The molecule has 1 saturated heterocycles. The maximum atomic E-state index is 13.2. The fourth-order valence-electron chi connectivity index (χ4n) is 4.33. The van der Waals surface area contributed by atoms with E-state index in [0.29, 0.717) is 18.8 Å². The first kappa shape index (κ1) is 20.9. The molecule has 2 aliphatic heterocycles. The Balaban J connectivity index is 1.10. The molecule has 0 spiro atoms. The van der Waals surface area contributed by atoms with E-state index in [1.807, 2.05) is 24.4 Å². The molecule has 0 aliphatic carbocycles. The number of amides is 1. The Morgan fingerprint density at radius 3 is 2.88 bits per heavy atom. The molecule has 34 heavy (non-hydrogen) atoms. The third kappa shape index (κ3) is 4.05. The van der Waals surface area contributed by atoms with Gasteiger partial charge in [0.2, 0.25) is 22.8 Å². The van der Waals surface area contributed by atoms with E-state index in [0.717, 1.165) is 52.0 Å². The number of ether oxygens (including phenoxy) is 2. The van der Waals surface area contributed by atoms with Gasteiger partial charge >= 0.3 is 0 Å². The summed E-state index contributed by atoms with van der Waals surface area (Å²) >= 11 is 1.49. The molecule has 6 rings (SSSR count). The van der Waals surface area contributed by atoms with Crippen molar-refractivity contribution in [1.29, 1.82) is 0 Å². The molecule has 1 N–H and O–H groups in total. The van der Waals surface area contributed by atoms with Crippen LogP contribution in [0.15, 0.2) is 48.7 Å². The number of nitrogens with zero attached hydrogens (tertiary/aromatic N) is 4. The quantitative estimate of drug-likeness (QED) is 0.468. The Kier molecular flexibility index (Phi) is 5.29. The molecule has 0 bridgehead atoms. The maximum absolute atomic E-state index is 13.2. The van der Waals surface area contributed by atoms with Crippen LogP contribution < -0.4 is 19.7 Å². The predicted molar refractivity (Wildman–Crippen MR) is 126 cm³/mol. The van der Waals surface area contributed by atoms with Crippen LogP contribution in [-0.4, -0.2) is 40.4 Å². The standard InChI is InChI=1S/C24H22FN5O3S/c25-18-6-4-16(5-7-18)19-13-30-23(27-19)34-24(28-30)29-9-1-2-17(12-29)22(31)26-11-15-3-8-20-21(10-15)33-14-32-20/h3-8,10,13,17H,1-2,9,11-12,14H2,(H,26,31)/t17-/m1/s1. The summed E-state index contributed by atoms with van der Waals surface area (Å²) in [6.45, 7) is 2.16. The number of fused-ring (bicyclic) bond motifs is 2. The molecule has 2 aromatic carbocycles. The van der Waals surface area contributed by atoms with Crippen molar-refractivity contribution in [3.8, 4) is 22.8 Å². The summed E-state index contributed by atoms with van der Waals surface area (Å²) < 4.78 is 25.7. The number of hydrogen-bond donors (Lipinski definition) is 1. The number of carbonyl (C=O) groups excluding carboxylic acids is 1. The van der Waals surface area contributed by atoms with Crippen molar-refractivity contribution in [2.45, 2.75) is 19.4 Å². The van der Waals surface area contributed by atoms with Gasteiger partial charge in [-0.1, -0.05) is 17.4 Å². The predicted octanol–water partition coefficient (Wildman–Crippen LogP) is 3.86. The van der Waals surface area contributed by atoms with Crippen LogP contribution in [0.25, 0.3) is 16.2 Å². The summed E-state index contributed by atoms with van der Waals surface area (Å²) in [5, 5.41) is 8.60. The van der Waals surface area contributed by atoms with Crippen molar-refractivity contribution < 1.29 is 18.7 Å². The fraction of sp³-hybridized carbons (Fsp3) is 0.292. The van der Waals surface area contributed by atoms with Gasteiger partial charge in [0.1, 0.15) is 5.82 Å². The lowest BCUT2D eigenvalue weighted by atomic mass is 9.97. The van der Waals surface area contributed by atoms with Gasteiger partial charge in [0.05, 0.1) is 17.8 Å². The number of piperidine rings is 1. The molecule has 0 radical (unpaired) electrons. The summed E-state index contributed by atoms with van der Waals surface area (Å²) in [6.07, 6.45) is 3.62. The molecule has 10 heteroatoms. The van der Waals surface area contributed by atoms with Gasteiger partial charge in [-0.2, -0.15) is 0 Å². The Morgan fingerprint density at radius 2 is 2.03 bits per heavy atom. The third-order valence-electron chi connectivity index (χ3n) is 6.14. The van der Waals surface area contributed by atoms with Gasteiger partial charge < -0.3 is 19.7 Å². The Hall–Kier alpha value is -3.66. The van der Waals surface area contributed by atoms with E-state index in [4.69, 9.17) is 9.47 Å². The van der Waals surface area contributed by atoms with Gasteiger partial charge in [-0.25, -0.2) is 13.9 Å². The molecule has 0 unspecified atom stereocenters. The lowest BCUT2D eigenvalue weighted by Crippen LogP contribution is -2.43. The van der Waals surface area contributed by atoms with Crippen LogP contribution in [0.3, 0.4) is 0 Å². The van der Waals surface area contributed by atoms with Gasteiger partial charge in [0, 0.05) is 25.2 Å². The number of benzene rings is 2. The Labute approximate surface area is 198 Å². The van der Waals surface area contributed by atoms with Gasteiger partial charge in [-0.15, -0.1) is 5.10 Å². The van der Waals surface area contributed by atoms with Crippen LogP contribution >= 0.6 is 11.3 Å². The van der Waals surface area contributed by atoms with Gasteiger partial charge in [0.15, 0.2) is 11.5 Å². The van der Waals surface area contributed by atoms with Gasteiger partial charge in [-0.3, -0.25) is 4.79 Å². The van der Waals surface area contributed by atoms with E-state index >= 15 is 0 Å². The summed E-state index contributed by atoms with van der Waals surface area (Å²) in [7, 11) is 0. The molecule has 1 fully saturated rings. The minimum absolute atomic E-state index is 0.0438. The van der Waals surface area contributed by atoms with E-state index in [1.54, 1.807) is 16.6 Å². The minimum Gasteiger partial charge on any atom is -0.454 e. The zero-order chi connectivity index (χ0) is 23.1. The molecule has 4 heterocycles. The number of rotatable bonds is 5. The van der Waals surface area contributed by atoms with Crippen molar-refractivity contribution in [1.82, 2.24) is 19.9 Å². The van der Waals surface area contributed by atoms with Crippen molar-refractivity contribution in [3.05, 3.63) is 60.0 Å². The highest BCUT2D eigenvalue weighted by Crippen LogP contribution is 2.33. The molecule has 1 amide bonds. The highest BCUT2D eigenvalue weighted by atomic mass is 32.1. The molecule has 2 aliphatic rings.